The van der Waals surface area contributed by atoms with Crippen LogP contribution in [0.25, 0.3) is 11.1 Å². The van der Waals surface area contributed by atoms with Crippen molar-refractivity contribution in [1.29, 1.82) is 0 Å². The van der Waals surface area contributed by atoms with Gasteiger partial charge in [0, 0.05) is 0 Å². The van der Waals surface area contributed by atoms with Crippen molar-refractivity contribution in [2.75, 3.05) is 0 Å². The minimum atomic E-state index is -4.65. The van der Waals surface area contributed by atoms with E-state index in [0.717, 1.165) is 17.5 Å². The van der Waals surface area contributed by atoms with E-state index in [9.17, 15) is 13.2 Å². The second kappa shape index (κ2) is 5.57. The monoisotopic (exact) mass is 280 g/mol. The van der Waals surface area contributed by atoms with Gasteiger partial charge in [0.1, 0.15) is 5.75 Å². The topological polar surface area (TPSA) is 9.23 Å². The summed E-state index contributed by atoms with van der Waals surface area (Å²) in [5.41, 5.74) is 4.31. The van der Waals surface area contributed by atoms with Crippen molar-refractivity contribution in [1.82, 2.24) is 0 Å². The van der Waals surface area contributed by atoms with Crippen LogP contribution in [0.4, 0.5) is 13.2 Å². The van der Waals surface area contributed by atoms with E-state index in [2.05, 4.69) is 17.7 Å². The molecule has 2 aromatic rings. The van der Waals surface area contributed by atoms with Crippen LogP contribution in [-0.2, 0) is 6.42 Å². The molecule has 0 radical (unpaired) electrons. The molecule has 0 aliphatic rings. The van der Waals surface area contributed by atoms with Crippen LogP contribution in [0.5, 0.6) is 5.75 Å². The average molecular weight is 280 g/mol. The van der Waals surface area contributed by atoms with Crippen molar-refractivity contribution in [3.8, 4) is 16.9 Å². The highest BCUT2D eigenvalue weighted by Gasteiger charge is 2.30. The fraction of sp³-hybridized carbons (Fsp3) is 0.250. The Morgan fingerprint density at radius 2 is 1.55 bits per heavy atom. The summed E-state index contributed by atoms with van der Waals surface area (Å²) in [6.07, 6.45) is -3.73. The molecule has 0 saturated carbocycles. The second-order valence-electron chi connectivity index (χ2n) is 4.57. The number of halogens is 3. The minimum Gasteiger partial charge on any atom is -0.406 e. The van der Waals surface area contributed by atoms with Gasteiger partial charge in [-0.15, -0.1) is 13.2 Å². The summed E-state index contributed by atoms with van der Waals surface area (Å²) >= 11 is 0. The number of benzene rings is 2. The molecule has 2 aromatic carbocycles. The third-order valence-corrected chi connectivity index (χ3v) is 3.15. The van der Waals surface area contributed by atoms with E-state index in [1.165, 1.54) is 23.3 Å². The van der Waals surface area contributed by atoms with E-state index in [1.807, 2.05) is 19.1 Å². The first-order valence-electron chi connectivity index (χ1n) is 6.35. The van der Waals surface area contributed by atoms with Gasteiger partial charge in [-0.05, 0) is 47.7 Å². The zero-order valence-corrected chi connectivity index (χ0v) is 11.3. The highest BCUT2D eigenvalue weighted by molar-refractivity contribution is 5.65. The molecule has 0 aromatic heterocycles. The zero-order valence-electron chi connectivity index (χ0n) is 11.3. The van der Waals surface area contributed by atoms with E-state index in [1.54, 1.807) is 12.1 Å². The zero-order chi connectivity index (χ0) is 14.8. The van der Waals surface area contributed by atoms with Gasteiger partial charge in [0.15, 0.2) is 0 Å². The van der Waals surface area contributed by atoms with Crippen LogP contribution in [0.15, 0.2) is 42.5 Å². The van der Waals surface area contributed by atoms with Crippen molar-refractivity contribution in [3.05, 3.63) is 53.6 Å². The lowest BCUT2D eigenvalue weighted by Crippen LogP contribution is -2.16. The minimum absolute atomic E-state index is 0.205. The Bertz CT molecular complexity index is 586. The molecule has 1 nitrogen and oxygen atoms in total. The molecular formula is C16H15F3O. The maximum atomic E-state index is 12.1. The summed E-state index contributed by atoms with van der Waals surface area (Å²) in [6.45, 7) is 4.12. The van der Waals surface area contributed by atoms with E-state index in [0.29, 0.717) is 0 Å². The third-order valence-electron chi connectivity index (χ3n) is 3.15. The summed E-state index contributed by atoms with van der Waals surface area (Å²) < 4.78 is 40.1. The molecule has 0 amide bonds. The van der Waals surface area contributed by atoms with Crippen LogP contribution in [0.3, 0.4) is 0 Å². The Morgan fingerprint density at radius 1 is 0.950 bits per heavy atom. The lowest BCUT2D eigenvalue weighted by atomic mass is 9.98. The van der Waals surface area contributed by atoms with Crippen LogP contribution in [0.2, 0.25) is 0 Å². The van der Waals surface area contributed by atoms with E-state index < -0.39 is 6.36 Å². The standard InChI is InChI=1S/C16H15F3O/c1-3-12-10-14(5-4-11(12)2)13-6-8-15(9-7-13)20-16(17,18)19/h4-10H,3H2,1-2H3. The molecule has 0 saturated heterocycles. The van der Waals surface area contributed by atoms with Gasteiger partial charge in [-0.25, -0.2) is 0 Å². The molecule has 0 unspecified atom stereocenters. The quantitative estimate of drug-likeness (QED) is 0.758. The normalized spacial score (nSPS) is 11.4. The predicted molar refractivity (Wildman–Crippen MR) is 72.7 cm³/mol. The molecule has 0 bridgehead atoms. The molecule has 0 spiro atoms. The van der Waals surface area contributed by atoms with Crippen LogP contribution in [0, 0.1) is 6.92 Å². The van der Waals surface area contributed by atoms with Gasteiger partial charge in [0.25, 0.3) is 0 Å². The van der Waals surface area contributed by atoms with Gasteiger partial charge < -0.3 is 4.74 Å². The van der Waals surface area contributed by atoms with Crippen molar-refractivity contribution in [3.63, 3.8) is 0 Å². The molecule has 2 rings (SSSR count). The Morgan fingerprint density at radius 3 is 2.10 bits per heavy atom. The molecule has 0 aliphatic heterocycles. The molecular weight excluding hydrogens is 265 g/mol. The SMILES string of the molecule is CCc1cc(-c2ccc(OC(F)(F)F)cc2)ccc1C. The van der Waals surface area contributed by atoms with Crippen molar-refractivity contribution < 1.29 is 17.9 Å². The summed E-state index contributed by atoms with van der Waals surface area (Å²) in [6, 6.07) is 12.0. The lowest BCUT2D eigenvalue weighted by Gasteiger charge is -2.10. The van der Waals surface area contributed by atoms with Gasteiger partial charge in [0.05, 0.1) is 0 Å². The molecule has 0 fully saturated rings. The fourth-order valence-corrected chi connectivity index (χ4v) is 2.08. The maximum absolute atomic E-state index is 12.1. The van der Waals surface area contributed by atoms with Gasteiger partial charge in [-0.1, -0.05) is 37.3 Å². The smallest absolute Gasteiger partial charge is 0.406 e. The summed E-state index contributed by atoms with van der Waals surface area (Å²) in [7, 11) is 0. The first-order valence-corrected chi connectivity index (χ1v) is 6.35. The van der Waals surface area contributed by atoms with Crippen LogP contribution in [0.1, 0.15) is 18.1 Å². The Balaban J connectivity index is 2.26. The van der Waals surface area contributed by atoms with Crippen LogP contribution < -0.4 is 4.74 Å². The number of hydrogen-bond acceptors (Lipinski definition) is 1. The van der Waals surface area contributed by atoms with Gasteiger partial charge in [-0.3, -0.25) is 0 Å². The van der Waals surface area contributed by atoms with E-state index >= 15 is 0 Å². The molecule has 106 valence electrons. The molecule has 0 atom stereocenters. The van der Waals surface area contributed by atoms with Gasteiger partial charge in [0.2, 0.25) is 0 Å². The Hall–Kier alpha value is -1.97. The third kappa shape index (κ3) is 3.53. The first kappa shape index (κ1) is 14.4. The number of aryl methyl sites for hydroxylation is 2. The highest BCUT2D eigenvalue weighted by Crippen LogP contribution is 2.27. The Kier molecular flexibility index (Phi) is 4.02. The number of ether oxygens (including phenoxy) is 1. The van der Waals surface area contributed by atoms with E-state index in [-0.39, 0.29) is 5.75 Å². The first-order chi connectivity index (χ1) is 9.39. The number of rotatable bonds is 3. The van der Waals surface area contributed by atoms with Gasteiger partial charge in [-0.2, -0.15) is 0 Å². The molecule has 4 heteroatoms. The van der Waals surface area contributed by atoms with Crippen molar-refractivity contribution in [2.24, 2.45) is 0 Å². The Labute approximate surface area is 116 Å². The second-order valence-corrected chi connectivity index (χ2v) is 4.57. The fourth-order valence-electron chi connectivity index (χ4n) is 2.08. The van der Waals surface area contributed by atoms with Crippen LogP contribution >= 0.6 is 0 Å². The molecule has 0 heterocycles. The van der Waals surface area contributed by atoms with E-state index in [4.69, 9.17) is 0 Å². The highest BCUT2D eigenvalue weighted by atomic mass is 19.4. The molecule has 20 heavy (non-hydrogen) atoms. The summed E-state index contributed by atoms with van der Waals surface area (Å²) in [4.78, 5) is 0. The van der Waals surface area contributed by atoms with Crippen LogP contribution in [-0.4, -0.2) is 6.36 Å². The van der Waals surface area contributed by atoms with Crippen molar-refractivity contribution >= 4 is 0 Å². The van der Waals surface area contributed by atoms with Gasteiger partial charge >= 0.3 is 6.36 Å². The predicted octanol–water partition coefficient (Wildman–Crippen LogP) is 5.12. The summed E-state index contributed by atoms with van der Waals surface area (Å²) in [5.74, 6) is -0.205. The summed E-state index contributed by atoms with van der Waals surface area (Å²) in [5, 5.41) is 0. The average Bonchev–Trinajstić information content (AvgIpc) is 2.38. The van der Waals surface area contributed by atoms with Crippen molar-refractivity contribution in [2.45, 2.75) is 26.6 Å². The molecule has 0 aliphatic carbocycles. The lowest BCUT2D eigenvalue weighted by molar-refractivity contribution is -0.274. The largest absolute Gasteiger partial charge is 0.573 e. The number of hydrogen-bond donors (Lipinski definition) is 0. The molecule has 0 N–H and O–H groups in total. The number of alkyl halides is 3. The maximum Gasteiger partial charge on any atom is 0.573 e.